The maximum absolute atomic E-state index is 12.3. The van der Waals surface area contributed by atoms with Gasteiger partial charge in [0.25, 0.3) is 0 Å². The van der Waals surface area contributed by atoms with Gasteiger partial charge in [0.05, 0.1) is 0 Å². The van der Waals surface area contributed by atoms with Crippen molar-refractivity contribution in [2.45, 2.75) is 32.7 Å². The van der Waals surface area contributed by atoms with E-state index >= 15 is 0 Å². The largest absolute Gasteiger partial charge is 0.342 e. The van der Waals surface area contributed by atoms with Gasteiger partial charge in [-0.3, -0.25) is 4.79 Å². The first-order chi connectivity index (χ1) is 12.0. The molecule has 1 saturated heterocycles. The number of carbonyl (C=O) groups excluding carboxylic acids is 2. The molecule has 1 fully saturated rings. The highest BCUT2D eigenvalue weighted by Gasteiger charge is 2.34. The van der Waals surface area contributed by atoms with Gasteiger partial charge in [0.15, 0.2) is 0 Å². The lowest BCUT2D eigenvalue weighted by Gasteiger charge is -2.29. The van der Waals surface area contributed by atoms with Crippen LogP contribution in [0.15, 0.2) is 24.3 Å². The van der Waals surface area contributed by atoms with Crippen LogP contribution in [0.4, 0.5) is 4.79 Å². The van der Waals surface area contributed by atoms with Crippen molar-refractivity contribution in [1.82, 2.24) is 15.1 Å². The summed E-state index contributed by atoms with van der Waals surface area (Å²) in [6.07, 6.45) is 2.18. The molecule has 2 aliphatic rings. The quantitative estimate of drug-likeness (QED) is 0.835. The number of amides is 3. The molecule has 1 unspecified atom stereocenters. The normalized spacial score (nSPS) is 21.8. The van der Waals surface area contributed by atoms with E-state index < -0.39 is 0 Å². The fourth-order valence-corrected chi connectivity index (χ4v) is 3.62. The predicted octanol–water partition coefficient (Wildman–Crippen LogP) is 1.76. The number of rotatable bonds is 4. The molecule has 6 nitrogen and oxygen atoms in total. The van der Waals surface area contributed by atoms with Crippen molar-refractivity contribution < 1.29 is 9.59 Å². The van der Waals surface area contributed by atoms with Crippen molar-refractivity contribution in [2.24, 2.45) is 11.1 Å². The number of likely N-dealkylation sites (tertiary alicyclic amines) is 1. The van der Waals surface area contributed by atoms with E-state index in [1.807, 2.05) is 21.9 Å². The minimum atomic E-state index is -0.0875. The Morgan fingerprint density at radius 1 is 1.19 bits per heavy atom. The van der Waals surface area contributed by atoms with Gasteiger partial charge in [-0.05, 0) is 35.9 Å². The summed E-state index contributed by atoms with van der Waals surface area (Å²) in [6, 6.07) is 8.14. The Balaban J connectivity index is 0.00000243. The standard InChI is InChI=1S/C19H28N4O2.ClH/c1-19(13-20)8-11-23(14-19)17(24)6-9-21-18(25)22-10-7-15-4-2-3-5-16(15)12-22;/h2-5H,6-14,20H2,1H3,(H,21,25);1H. The summed E-state index contributed by atoms with van der Waals surface area (Å²) in [5.74, 6) is 0.0986. The third-order valence-corrected chi connectivity index (χ3v) is 5.44. The summed E-state index contributed by atoms with van der Waals surface area (Å²) in [6.45, 7) is 5.95. The molecular weight excluding hydrogens is 352 g/mol. The lowest BCUT2D eigenvalue weighted by Crippen LogP contribution is -2.44. The number of carbonyl (C=O) groups is 2. The zero-order valence-electron chi connectivity index (χ0n) is 15.4. The van der Waals surface area contributed by atoms with Crippen LogP contribution in [0, 0.1) is 5.41 Å². The summed E-state index contributed by atoms with van der Waals surface area (Å²) in [5, 5.41) is 2.89. The fourth-order valence-electron chi connectivity index (χ4n) is 3.62. The molecule has 3 rings (SSSR count). The van der Waals surface area contributed by atoms with Crippen LogP contribution in [0.2, 0.25) is 0 Å². The number of nitrogens with zero attached hydrogens (tertiary/aromatic N) is 2. The molecule has 0 aliphatic carbocycles. The van der Waals surface area contributed by atoms with E-state index in [4.69, 9.17) is 5.73 Å². The Labute approximate surface area is 161 Å². The van der Waals surface area contributed by atoms with Gasteiger partial charge in [0, 0.05) is 39.1 Å². The molecule has 2 heterocycles. The topological polar surface area (TPSA) is 78.7 Å². The molecular formula is C19H29ClN4O2. The van der Waals surface area contributed by atoms with Crippen LogP contribution in [-0.4, -0.2) is 54.5 Å². The Kier molecular flexibility index (Phi) is 6.89. The highest BCUT2D eigenvalue weighted by molar-refractivity contribution is 5.85. The van der Waals surface area contributed by atoms with Crippen molar-refractivity contribution in [3.63, 3.8) is 0 Å². The third-order valence-electron chi connectivity index (χ3n) is 5.44. The minimum absolute atomic E-state index is 0. The second-order valence-corrected chi connectivity index (χ2v) is 7.50. The molecule has 0 spiro atoms. The van der Waals surface area contributed by atoms with E-state index in [2.05, 4.69) is 24.4 Å². The van der Waals surface area contributed by atoms with Gasteiger partial charge in [-0.15, -0.1) is 12.4 Å². The summed E-state index contributed by atoms with van der Waals surface area (Å²) in [4.78, 5) is 28.3. The summed E-state index contributed by atoms with van der Waals surface area (Å²) >= 11 is 0. The fraction of sp³-hybridized carbons (Fsp3) is 0.579. The number of fused-ring (bicyclic) bond motifs is 1. The Bertz CT molecular complexity index is 654. The average molecular weight is 381 g/mol. The monoisotopic (exact) mass is 380 g/mol. The van der Waals surface area contributed by atoms with E-state index in [0.717, 1.165) is 32.5 Å². The molecule has 1 aromatic rings. The zero-order valence-corrected chi connectivity index (χ0v) is 16.2. The molecule has 3 amide bonds. The van der Waals surface area contributed by atoms with Crippen molar-refractivity contribution in [2.75, 3.05) is 32.7 Å². The first-order valence-corrected chi connectivity index (χ1v) is 9.08. The molecule has 7 heteroatoms. The van der Waals surface area contributed by atoms with Gasteiger partial charge in [-0.25, -0.2) is 4.79 Å². The summed E-state index contributed by atoms with van der Waals surface area (Å²) in [5.41, 5.74) is 8.35. The lowest BCUT2D eigenvalue weighted by atomic mass is 9.90. The van der Waals surface area contributed by atoms with Crippen LogP contribution in [0.1, 0.15) is 30.9 Å². The van der Waals surface area contributed by atoms with Crippen LogP contribution in [0.25, 0.3) is 0 Å². The molecule has 1 aromatic carbocycles. The number of hydrogen-bond acceptors (Lipinski definition) is 3. The first kappa shape index (κ1) is 20.5. The van der Waals surface area contributed by atoms with Crippen molar-refractivity contribution >= 4 is 24.3 Å². The maximum Gasteiger partial charge on any atom is 0.317 e. The summed E-state index contributed by atoms with van der Waals surface area (Å²) in [7, 11) is 0. The number of urea groups is 1. The molecule has 26 heavy (non-hydrogen) atoms. The molecule has 144 valence electrons. The predicted molar refractivity (Wildman–Crippen MR) is 104 cm³/mol. The molecule has 2 aliphatic heterocycles. The number of benzene rings is 1. The second-order valence-electron chi connectivity index (χ2n) is 7.50. The van der Waals surface area contributed by atoms with Crippen LogP contribution in [0.3, 0.4) is 0 Å². The van der Waals surface area contributed by atoms with Crippen LogP contribution >= 0.6 is 12.4 Å². The van der Waals surface area contributed by atoms with Crippen molar-refractivity contribution in [3.8, 4) is 0 Å². The van der Waals surface area contributed by atoms with Gasteiger partial charge < -0.3 is 20.9 Å². The Morgan fingerprint density at radius 3 is 2.62 bits per heavy atom. The SMILES string of the molecule is CC1(CN)CCN(C(=O)CCNC(=O)N2CCc3ccccc3C2)C1.Cl. The molecule has 0 aromatic heterocycles. The van der Waals surface area contributed by atoms with Gasteiger partial charge in [-0.2, -0.15) is 0 Å². The first-order valence-electron chi connectivity index (χ1n) is 9.08. The van der Waals surface area contributed by atoms with Crippen LogP contribution in [0.5, 0.6) is 0 Å². The molecule has 0 radical (unpaired) electrons. The van der Waals surface area contributed by atoms with Gasteiger partial charge in [0.2, 0.25) is 5.91 Å². The number of halogens is 1. The minimum Gasteiger partial charge on any atom is -0.342 e. The van der Waals surface area contributed by atoms with Crippen LogP contribution in [-0.2, 0) is 17.8 Å². The van der Waals surface area contributed by atoms with Crippen molar-refractivity contribution in [3.05, 3.63) is 35.4 Å². The highest BCUT2D eigenvalue weighted by atomic mass is 35.5. The number of nitrogens with one attached hydrogen (secondary N) is 1. The van der Waals surface area contributed by atoms with Crippen molar-refractivity contribution in [1.29, 1.82) is 0 Å². The number of nitrogens with two attached hydrogens (primary N) is 1. The zero-order chi connectivity index (χ0) is 17.9. The van der Waals surface area contributed by atoms with Crippen LogP contribution < -0.4 is 11.1 Å². The van der Waals surface area contributed by atoms with E-state index in [-0.39, 0.29) is 29.8 Å². The molecule has 0 bridgehead atoms. The van der Waals surface area contributed by atoms with E-state index in [0.29, 0.717) is 26.1 Å². The summed E-state index contributed by atoms with van der Waals surface area (Å²) < 4.78 is 0. The Hall–Kier alpha value is -1.79. The molecule has 3 N–H and O–H groups in total. The molecule has 0 saturated carbocycles. The maximum atomic E-state index is 12.3. The third kappa shape index (κ3) is 4.68. The van der Waals surface area contributed by atoms with E-state index in [9.17, 15) is 9.59 Å². The molecule has 1 atom stereocenters. The van der Waals surface area contributed by atoms with E-state index in [1.165, 1.54) is 11.1 Å². The smallest absolute Gasteiger partial charge is 0.317 e. The lowest BCUT2D eigenvalue weighted by molar-refractivity contribution is -0.130. The van der Waals surface area contributed by atoms with Gasteiger partial charge in [0.1, 0.15) is 0 Å². The van der Waals surface area contributed by atoms with Gasteiger partial charge in [-0.1, -0.05) is 31.2 Å². The number of hydrogen-bond donors (Lipinski definition) is 2. The van der Waals surface area contributed by atoms with E-state index in [1.54, 1.807) is 0 Å². The van der Waals surface area contributed by atoms with Gasteiger partial charge >= 0.3 is 6.03 Å². The highest BCUT2D eigenvalue weighted by Crippen LogP contribution is 2.28. The average Bonchev–Trinajstić information content (AvgIpc) is 3.04. The Morgan fingerprint density at radius 2 is 1.92 bits per heavy atom. The second kappa shape index (κ2) is 8.73.